The van der Waals surface area contributed by atoms with Crippen LogP contribution in [0, 0.1) is 0 Å². The molecule has 1 aliphatic heterocycles. The molecule has 2 aliphatic rings. The molecule has 1 saturated carbocycles. The van der Waals surface area contributed by atoms with Crippen molar-refractivity contribution in [2.75, 3.05) is 11.5 Å². The van der Waals surface area contributed by atoms with Crippen molar-refractivity contribution in [3.8, 4) is 0 Å². The summed E-state index contributed by atoms with van der Waals surface area (Å²) < 4.78 is 2.24. The number of rotatable bonds is 3. The molecule has 1 aliphatic carbocycles. The number of thioether (sulfide) groups is 1. The van der Waals surface area contributed by atoms with Crippen molar-refractivity contribution in [2.24, 2.45) is 5.73 Å². The van der Waals surface area contributed by atoms with E-state index in [-0.39, 0.29) is 5.54 Å². The van der Waals surface area contributed by atoms with Gasteiger partial charge in [0.05, 0.1) is 6.04 Å². The number of nitrogens with zero attached hydrogens (tertiary/aromatic N) is 2. The zero-order valence-electron chi connectivity index (χ0n) is 9.56. The van der Waals surface area contributed by atoms with E-state index in [0.717, 1.165) is 6.42 Å². The van der Waals surface area contributed by atoms with Gasteiger partial charge in [-0.15, -0.1) is 0 Å². The lowest BCUT2D eigenvalue weighted by Gasteiger charge is -2.24. The number of nitrogens with two attached hydrogens (primary N) is 1. The van der Waals surface area contributed by atoms with Gasteiger partial charge >= 0.3 is 0 Å². The molecule has 1 saturated heterocycles. The Balaban J connectivity index is 1.75. The van der Waals surface area contributed by atoms with Gasteiger partial charge in [-0.25, -0.2) is 0 Å². The number of hydrogen-bond donors (Lipinski definition) is 1. The lowest BCUT2D eigenvalue weighted by atomic mass is 10.1. The van der Waals surface area contributed by atoms with Gasteiger partial charge in [0, 0.05) is 29.6 Å². The minimum atomic E-state index is 0.0968. The Hall–Kier alpha value is -0.480. The highest BCUT2D eigenvalue weighted by Crippen LogP contribution is 2.36. The van der Waals surface area contributed by atoms with Gasteiger partial charge < -0.3 is 5.73 Å². The molecule has 0 amide bonds. The van der Waals surface area contributed by atoms with Gasteiger partial charge in [-0.3, -0.25) is 4.68 Å². The van der Waals surface area contributed by atoms with Crippen LogP contribution in [-0.4, -0.2) is 26.8 Å². The Bertz CT molecular complexity index is 364. The second-order valence-electron chi connectivity index (χ2n) is 5.18. The highest BCUT2D eigenvalue weighted by atomic mass is 32.2. The van der Waals surface area contributed by atoms with Crippen LogP contribution in [0.15, 0.2) is 12.3 Å². The second-order valence-corrected chi connectivity index (χ2v) is 6.33. The van der Waals surface area contributed by atoms with Crippen molar-refractivity contribution in [1.29, 1.82) is 0 Å². The summed E-state index contributed by atoms with van der Waals surface area (Å²) in [6.07, 6.45) is 7.89. The van der Waals surface area contributed by atoms with Gasteiger partial charge in [0.15, 0.2) is 0 Å². The van der Waals surface area contributed by atoms with E-state index < -0.39 is 0 Å². The molecule has 3 nitrogen and oxygen atoms in total. The van der Waals surface area contributed by atoms with Crippen molar-refractivity contribution in [3.05, 3.63) is 18.0 Å². The van der Waals surface area contributed by atoms with Gasteiger partial charge in [0.25, 0.3) is 0 Å². The Kier molecular flexibility index (Phi) is 2.72. The summed E-state index contributed by atoms with van der Waals surface area (Å²) in [7, 11) is 0. The van der Waals surface area contributed by atoms with Gasteiger partial charge in [0.2, 0.25) is 0 Å². The highest BCUT2D eigenvalue weighted by molar-refractivity contribution is 7.99. The molecular formula is C12H19N3S. The normalized spacial score (nSPS) is 27.9. The molecule has 0 bridgehead atoms. The fourth-order valence-corrected chi connectivity index (χ4v) is 3.54. The first-order valence-corrected chi connectivity index (χ1v) is 7.31. The molecule has 3 rings (SSSR count). The van der Waals surface area contributed by atoms with Crippen LogP contribution in [-0.2, 0) is 6.42 Å². The first kappa shape index (κ1) is 10.7. The maximum Gasteiger partial charge on any atom is 0.0613 e. The van der Waals surface area contributed by atoms with Crippen LogP contribution in [0.5, 0.6) is 0 Å². The number of aromatic nitrogens is 2. The van der Waals surface area contributed by atoms with Gasteiger partial charge in [0.1, 0.15) is 0 Å². The monoisotopic (exact) mass is 237 g/mol. The van der Waals surface area contributed by atoms with Crippen molar-refractivity contribution < 1.29 is 0 Å². The molecular weight excluding hydrogens is 218 g/mol. The zero-order valence-corrected chi connectivity index (χ0v) is 10.4. The minimum absolute atomic E-state index is 0.0968. The molecule has 88 valence electrons. The summed E-state index contributed by atoms with van der Waals surface area (Å²) >= 11 is 2.05. The average molecular weight is 237 g/mol. The van der Waals surface area contributed by atoms with E-state index in [0.29, 0.717) is 6.04 Å². The van der Waals surface area contributed by atoms with Crippen molar-refractivity contribution in [3.63, 3.8) is 0 Å². The van der Waals surface area contributed by atoms with Crippen LogP contribution in [0.4, 0.5) is 0 Å². The molecule has 1 aromatic rings. The smallest absolute Gasteiger partial charge is 0.0613 e. The second kappa shape index (κ2) is 4.08. The molecule has 0 aromatic carbocycles. The number of hydrogen-bond acceptors (Lipinski definition) is 3. The first-order chi connectivity index (χ1) is 7.77. The fraction of sp³-hybridized carbons (Fsp3) is 0.750. The van der Waals surface area contributed by atoms with E-state index in [1.807, 2.05) is 6.20 Å². The van der Waals surface area contributed by atoms with Gasteiger partial charge in [-0.1, -0.05) is 0 Å². The van der Waals surface area contributed by atoms with Gasteiger partial charge in [-0.2, -0.15) is 16.9 Å². The van der Waals surface area contributed by atoms with E-state index in [1.165, 1.54) is 42.9 Å². The minimum Gasteiger partial charge on any atom is -0.325 e. The van der Waals surface area contributed by atoms with E-state index in [2.05, 4.69) is 27.6 Å². The fourth-order valence-electron chi connectivity index (χ4n) is 2.43. The average Bonchev–Trinajstić information content (AvgIpc) is 2.86. The standard InChI is InChI=1S/C12H19N3S/c13-12(4-5-12)8-10-3-6-14-15(10)11-2-1-7-16-9-11/h3,6,11H,1-2,4-5,7-9,13H2. The maximum absolute atomic E-state index is 6.19. The molecule has 1 atom stereocenters. The van der Waals surface area contributed by atoms with Crippen LogP contribution < -0.4 is 5.73 Å². The molecule has 2 heterocycles. The third-order valence-corrected chi connectivity index (χ3v) is 4.86. The molecule has 0 spiro atoms. The maximum atomic E-state index is 6.19. The summed E-state index contributed by atoms with van der Waals surface area (Å²) in [6.45, 7) is 0. The molecule has 2 fully saturated rings. The lowest BCUT2D eigenvalue weighted by molar-refractivity contribution is 0.432. The van der Waals surface area contributed by atoms with Crippen LogP contribution in [0.2, 0.25) is 0 Å². The molecule has 1 aromatic heterocycles. The Morgan fingerprint density at radius 1 is 1.56 bits per heavy atom. The van der Waals surface area contributed by atoms with Gasteiger partial charge in [-0.05, 0) is 37.5 Å². The zero-order chi connectivity index (χ0) is 11.0. The molecule has 2 N–H and O–H groups in total. The van der Waals surface area contributed by atoms with Crippen molar-refractivity contribution in [1.82, 2.24) is 9.78 Å². The van der Waals surface area contributed by atoms with Crippen LogP contribution in [0.25, 0.3) is 0 Å². The topological polar surface area (TPSA) is 43.8 Å². The quantitative estimate of drug-likeness (QED) is 0.874. The molecule has 1 unspecified atom stereocenters. The van der Waals surface area contributed by atoms with E-state index in [1.54, 1.807) is 0 Å². The van der Waals surface area contributed by atoms with Crippen molar-refractivity contribution >= 4 is 11.8 Å². The summed E-state index contributed by atoms with van der Waals surface area (Å²) in [6, 6.07) is 2.75. The Morgan fingerprint density at radius 2 is 2.44 bits per heavy atom. The third-order valence-electron chi connectivity index (χ3n) is 3.66. The predicted octanol–water partition coefficient (Wildman–Crippen LogP) is 1.98. The molecule has 4 heteroatoms. The summed E-state index contributed by atoms with van der Waals surface area (Å²) in [5, 5.41) is 4.50. The lowest BCUT2D eigenvalue weighted by Crippen LogP contribution is -2.28. The first-order valence-electron chi connectivity index (χ1n) is 6.16. The summed E-state index contributed by atoms with van der Waals surface area (Å²) in [4.78, 5) is 0. The summed E-state index contributed by atoms with van der Waals surface area (Å²) in [5.41, 5.74) is 7.63. The van der Waals surface area contributed by atoms with Crippen LogP contribution in [0.3, 0.4) is 0 Å². The largest absolute Gasteiger partial charge is 0.325 e. The molecule has 0 radical (unpaired) electrons. The Labute approximate surface area is 101 Å². The third kappa shape index (κ3) is 2.13. The van der Waals surface area contributed by atoms with E-state index in [9.17, 15) is 0 Å². The summed E-state index contributed by atoms with van der Waals surface area (Å²) in [5.74, 6) is 2.53. The van der Waals surface area contributed by atoms with E-state index >= 15 is 0 Å². The molecule has 16 heavy (non-hydrogen) atoms. The van der Waals surface area contributed by atoms with Crippen molar-refractivity contribution in [2.45, 2.75) is 43.7 Å². The van der Waals surface area contributed by atoms with Crippen LogP contribution in [0.1, 0.15) is 37.4 Å². The highest BCUT2D eigenvalue weighted by Gasteiger charge is 2.39. The SMILES string of the molecule is NC1(Cc2ccnn2C2CCCSC2)CC1. The van der Waals surface area contributed by atoms with Crippen LogP contribution >= 0.6 is 11.8 Å². The Morgan fingerprint density at radius 3 is 3.12 bits per heavy atom. The predicted molar refractivity (Wildman–Crippen MR) is 67.7 cm³/mol. The van der Waals surface area contributed by atoms with E-state index in [4.69, 9.17) is 5.73 Å².